The molecule has 5 heteroatoms. The van der Waals surface area contributed by atoms with Crippen molar-refractivity contribution in [1.82, 2.24) is 15.1 Å². The SMILES string of the molecule is CC(CNC1CCN(C(N)=O)CC1)CN1CCCC1. The van der Waals surface area contributed by atoms with Crippen LogP contribution in [-0.2, 0) is 0 Å². The molecule has 2 aliphatic rings. The molecule has 2 fully saturated rings. The number of nitrogens with zero attached hydrogens (tertiary/aromatic N) is 2. The minimum absolute atomic E-state index is 0.277. The van der Waals surface area contributed by atoms with Crippen LogP contribution in [-0.4, -0.2) is 61.1 Å². The summed E-state index contributed by atoms with van der Waals surface area (Å²) < 4.78 is 0. The summed E-state index contributed by atoms with van der Waals surface area (Å²) >= 11 is 0. The number of amides is 2. The van der Waals surface area contributed by atoms with Crippen molar-refractivity contribution in [3.8, 4) is 0 Å². The van der Waals surface area contributed by atoms with Gasteiger partial charge in [-0.2, -0.15) is 0 Å². The lowest BCUT2D eigenvalue weighted by molar-refractivity contribution is 0.183. The molecule has 1 atom stereocenters. The standard InChI is InChI=1S/C14H28N4O/c1-12(11-17-6-2-3-7-17)10-16-13-4-8-18(9-5-13)14(15)19/h12-13,16H,2-11H2,1H3,(H2,15,19). The zero-order valence-electron chi connectivity index (χ0n) is 12.1. The molecule has 0 saturated carbocycles. The van der Waals surface area contributed by atoms with Gasteiger partial charge in [0, 0.05) is 25.7 Å². The molecule has 0 bridgehead atoms. The van der Waals surface area contributed by atoms with E-state index in [0.717, 1.165) is 32.5 Å². The molecule has 5 nitrogen and oxygen atoms in total. The van der Waals surface area contributed by atoms with Gasteiger partial charge in [0.2, 0.25) is 0 Å². The van der Waals surface area contributed by atoms with Gasteiger partial charge in [-0.25, -0.2) is 4.79 Å². The van der Waals surface area contributed by atoms with E-state index in [9.17, 15) is 4.79 Å². The van der Waals surface area contributed by atoms with Gasteiger partial charge in [-0.1, -0.05) is 6.92 Å². The molecule has 2 saturated heterocycles. The van der Waals surface area contributed by atoms with Gasteiger partial charge in [0.15, 0.2) is 0 Å². The van der Waals surface area contributed by atoms with Crippen LogP contribution < -0.4 is 11.1 Å². The van der Waals surface area contributed by atoms with E-state index in [4.69, 9.17) is 5.73 Å². The molecule has 0 radical (unpaired) electrons. The number of primary amides is 1. The van der Waals surface area contributed by atoms with Crippen LogP contribution in [0, 0.1) is 5.92 Å². The topological polar surface area (TPSA) is 61.6 Å². The van der Waals surface area contributed by atoms with Crippen LogP contribution in [0.15, 0.2) is 0 Å². The van der Waals surface area contributed by atoms with Crippen molar-refractivity contribution in [2.75, 3.05) is 39.3 Å². The summed E-state index contributed by atoms with van der Waals surface area (Å²) in [6, 6.07) is 0.275. The zero-order valence-corrected chi connectivity index (χ0v) is 12.1. The fourth-order valence-corrected chi connectivity index (χ4v) is 3.14. The molecule has 3 N–H and O–H groups in total. The van der Waals surface area contributed by atoms with Crippen LogP contribution in [0.5, 0.6) is 0 Å². The number of hydrogen-bond donors (Lipinski definition) is 2. The van der Waals surface area contributed by atoms with E-state index in [1.807, 2.05) is 0 Å². The number of rotatable bonds is 5. The van der Waals surface area contributed by atoms with Crippen molar-refractivity contribution in [2.45, 2.75) is 38.6 Å². The summed E-state index contributed by atoms with van der Waals surface area (Å²) in [5.41, 5.74) is 5.29. The van der Waals surface area contributed by atoms with Crippen molar-refractivity contribution in [3.05, 3.63) is 0 Å². The Hall–Kier alpha value is -0.810. The molecule has 19 heavy (non-hydrogen) atoms. The first-order chi connectivity index (χ1) is 9.15. The lowest BCUT2D eigenvalue weighted by Crippen LogP contribution is -2.47. The number of piperidine rings is 1. The van der Waals surface area contributed by atoms with Crippen molar-refractivity contribution < 1.29 is 4.79 Å². The maximum absolute atomic E-state index is 11.0. The Balaban J connectivity index is 1.59. The van der Waals surface area contributed by atoms with Crippen molar-refractivity contribution >= 4 is 6.03 Å². The number of likely N-dealkylation sites (tertiary alicyclic amines) is 2. The van der Waals surface area contributed by atoms with Gasteiger partial charge in [-0.3, -0.25) is 0 Å². The van der Waals surface area contributed by atoms with Gasteiger partial charge in [0.25, 0.3) is 0 Å². The first-order valence-corrected chi connectivity index (χ1v) is 7.65. The van der Waals surface area contributed by atoms with Crippen LogP contribution in [0.1, 0.15) is 32.6 Å². The Kier molecular flexibility index (Phi) is 5.45. The maximum Gasteiger partial charge on any atom is 0.314 e. The largest absolute Gasteiger partial charge is 0.351 e. The zero-order chi connectivity index (χ0) is 13.7. The summed E-state index contributed by atoms with van der Waals surface area (Å²) in [5.74, 6) is 0.701. The molecular weight excluding hydrogens is 240 g/mol. The fraction of sp³-hybridized carbons (Fsp3) is 0.929. The van der Waals surface area contributed by atoms with Crippen molar-refractivity contribution in [3.63, 3.8) is 0 Å². The van der Waals surface area contributed by atoms with Crippen LogP contribution in [0.2, 0.25) is 0 Å². The molecule has 2 amide bonds. The van der Waals surface area contributed by atoms with Gasteiger partial charge < -0.3 is 20.9 Å². The second-order valence-corrected chi connectivity index (χ2v) is 6.12. The molecule has 2 aliphatic heterocycles. The lowest BCUT2D eigenvalue weighted by Gasteiger charge is -2.32. The summed E-state index contributed by atoms with van der Waals surface area (Å²) in [6.45, 7) is 8.78. The van der Waals surface area contributed by atoms with E-state index in [-0.39, 0.29) is 6.03 Å². The number of nitrogens with two attached hydrogens (primary N) is 1. The summed E-state index contributed by atoms with van der Waals surface area (Å²) in [7, 11) is 0. The Bertz CT molecular complexity index is 283. The minimum Gasteiger partial charge on any atom is -0.351 e. The Morgan fingerprint density at radius 2 is 1.89 bits per heavy atom. The molecule has 2 rings (SSSR count). The first-order valence-electron chi connectivity index (χ1n) is 7.65. The first kappa shape index (κ1) is 14.6. The highest BCUT2D eigenvalue weighted by Gasteiger charge is 2.21. The third-order valence-corrected chi connectivity index (χ3v) is 4.33. The molecule has 0 aromatic carbocycles. The monoisotopic (exact) mass is 268 g/mol. The highest BCUT2D eigenvalue weighted by molar-refractivity contribution is 5.72. The Morgan fingerprint density at radius 3 is 2.47 bits per heavy atom. The van der Waals surface area contributed by atoms with E-state index < -0.39 is 0 Å². The highest BCUT2D eigenvalue weighted by Crippen LogP contribution is 2.12. The van der Waals surface area contributed by atoms with Crippen LogP contribution in [0.3, 0.4) is 0 Å². The fourth-order valence-electron chi connectivity index (χ4n) is 3.14. The molecular formula is C14H28N4O. The van der Waals surface area contributed by atoms with Gasteiger partial charge in [-0.05, 0) is 51.2 Å². The predicted octanol–water partition coefficient (Wildman–Crippen LogP) is 0.851. The quantitative estimate of drug-likeness (QED) is 0.777. The summed E-state index contributed by atoms with van der Waals surface area (Å²) in [4.78, 5) is 15.4. The lowest BCUT2D eigenvalue weighted by atomic mass is 10.0. The van der Waals surface area contributed by atoms with Gasteiger partial charge in [0.05, 0.1) is 0 Å². The molecule has 0 spiro atoms. The number of hydrogen-bond acceptors (Lipinski definition) is 3. The second-order valence-electron chi connectivity index (χ2n) is 6.12. The number of carbonyl (C=O) groups excluding carboxylic acids is 1. The predicted molar refractivity (Wildman–Crippen MR) is 77.0 cm³/mol. The van der Waals surface area contributed by atoms with Gasteiger partial charge >= 0.3 is 6.03 Å². The molecule has 0 aliphatic carbocycles. The van der Waals surface area contributed by atoms with E-state index in [1.54, 1.807) is 4.90 Å². The van der Waals surface area contributed by atoms with Gasteiger partial charge in [0.1, 0.15) is 0 Å². The average Bonchev–Trinajstić information content (AvgIpc) is 2.89. The van der Waals surface area contributed by atoms with Crippen LogP contribution in [0.4, 0.5) is 4.79 Å². The molecule has 0 aromatic rings. The minimum atomic E-state index is -0.277. The Morgan fingerprint density at radius 1 is 1.26 bits per heavy atom. The molecule has 110 valence electrons. The number of carbonyl (C=O) groups is 1. The Labute approximate surface area is 116 Å². The number of nitrogens with one attached hydrogen (secondary N) is 1. The average molecular weight is 268 g/mol. The summed E-state index contributed by atoms with van der Waals surface area (Å²) in [5, 5.41) is 3.65. The van der Waals surface area contributed by atoms with E-state index in [1.165, 1.54) is 32.5 Å². The normalized spacial score (nSPS) is 23.7. The van der Waals surface area contributed by atoms with Gasteiger partial charge in [-0.15, -0.1) is 0 Å². The van der Waals surface area contributed by atoms with Crippen LogP contribution in [0.25, 0.3) is 0 Å². The highest BCUT2D eigenvalue weighted by atomic mass is 16.2. The third kappa shape index (κ3) is 4.66. The smallest absolute Gasteiger partial charge is 0.314 e. The molecule has 1 unspecified atom stereocenters. The number of urea groups is 1. The maximum atomic E-state index is 11.0. The summed E-state index contributed by atoms with van der Waals surface area (Å²) in [6.07, 6.45) is 4.79. The van der Waals surface area contributed by atoms with E-state index in [0.29, 0.717) is 12.0 Å². The third-order valence-electron chi connectivity index (χ3n) is 4.33. The second kappa shape index (κ2) is 7.10. The van der Waals surface area contributed by atoms with E-state index >= 15 is 0 Å². The molecule has 0 aromatic heterocycles. The van der Waals surface area contributed by atoms with Crippen molar-refractivity contribution in [2.24, 2.45) is 11.7 Å². The molecule has 2 heterocycles. The van der Waals surface area contributed by atoms with E-state index in [2.05, 4.69) is 17.1 Å². The van der Waals surface area contributed by atoms with Crippen LogP contribution >= 0.6 is 0 Å². The van der Waals surface area contributed by atoms with Crippen molar-refractivity contribution in [1.29, 1.82) is 0 Å².